The molecular weight excluding hydrogens is 244 g/mol. The number of rotatable bonds is 6. The van der Waals surface area contributed by atoms with Crippen molar-refractivity contribution in [2.24, 2.45) is 0 Å². The molecule has 0 N–H and O–H groups in total. The number of hydrogen-bond donors (Lipinski definition) is 0. The molecule has 1 rings (SSSR count). The van der Waals surface area contributed by atoms with Gasteiger partial charge in [-0.1, -0.05) is 11.6 Å². The standard InChI is InChI=1S/C11H15ClN2O3/c1-13(2)6-3-7-17-11-5-4-9(14(15)16)8-10(11)12/h4-5,8H,3,6-7H2,1-2H3. The molecule has 0 heterocycles. The van der Waals surface area contributed by atoms with E-state index in [1.807, 2.05) is 14.1 Å². The second kappa shape index (κ2) is 6.42. The van der Waals surface area contributed by atoms with Crippen LogP contribution in [-0.2, 0) is 0 Å². The third-order valence-electron chi connectivity index (χ3n) is 2.13. The average Bonchev–Trinajstić information content (AvgIpc) is 2.25. The summed E-state index contributed by atoms with van der Waals surface area (Å²) in [5.74, 6) is 0.482. The van der Waals surface area contributed by atoms with E-state index in [0.29, 0.717) is 12.4 Å². The van der Waals surface area contributed by atoms with Gasteiger partial charge in [-0.25, -0.2) is 0 Å². The molecule has 0 saturated heterocycles. The average molecular weight is 259 g/mol. The summed E-state index contributed by atoms with van der Waals surface area (Å²) in [5.41, 5.74) is -0.0318. The summed E-state index contributed by atoms with van der Waals surface area (Å²) >= 11 is 5.88. The summed E-state index contributed by atoms with van der Waals surface area (Å²) in [6.45, 7) is 1.46. The summed E-state index contributed by atoms with van der Waals surface area (Å²) in [6, 6.07) is 4.20. The third kappa shape index (κ3) is 4.58. The van der Waals surface area contributed by atoms with Gasteiger partial charge in [0.15, 0.2) is 0 Å². The van der Waals surface area contributed by atoms with Gasteiger partial charge in [-0.05, 0) is 26.6 Å². The van der Waals surface area contributed by atoms with Gasteiger partial charge in [-0.2, -0.15) is 0 Å². The largest absolute Gasteiger partial charge is 0.492 e. The highest BCUT2D eigenvalue weighted by Crippen LogP contribution is 2.28. The Morgan fingerprint density at radius 2 is 2.18 bits per heavy atom. The van der Waals surface area contributed by atoms with E-state index < -0.39 is 4.92 Å². The van der Waals surface area contributed by atoms with Crippen LogP contribution in [0.15, 0.2) is 18.2 Å². The molecule has 0 aliphatic carbocycles. The Balaban J connectivity index is 2.52. The molecule has 5 nitrogen and oxygen atoms in total. The van der Waals surface area contributed by atoms with Crippen LogP contribution in [-0.4, -0.2) is 37.1 Å². The maximum Gasteiger partial charge on any atom is 0.271 e. The summed E-state index contributed by atoms with van der Waals surface area (Å²) in [4.78, 5) is 12.1. The molecule has 0 bridgehead atoms. The van der Waals surface area contributed by atoms with Gasteiger partial charge in [-0.3, -0.25) is 10.1 Å². The van der Waals surface area contributed by atoms with Gasteiger partial charge >= 0.3 is 0 Å². The van der Waals surface area contributed by atoms with Crippen molar-refractivity contribution in [2.45, 2.75) is 6.42 Å². The van der Waals surface area contributed by atoms with Gasteiger partial charge in [0.2, 0.25) is 0 Å². The van der Waals surface area contributed by atoms with Crippen molar-refractivity contribution in [1.29, 1.82) is 0 Å². The minimum Gasteiger partial charge on any atom is -0.492 e. The van der Waals surface area contributed by atoms with Gasteiger partial charge in [0.1, 0.15) is 5.75 Å². The number of halogens is 1. The molecule has 6 heteroatoms. The van der Waals surface area contributed by atoms with Crippen LogP contribution in [0.4, 0.5) is 5.69 Å². The molecule has 0 aliphatic heterocycles. The van der Waals surface area contributed by atoms with Gasteiger partial charge in [0.05, 0.1) is 16.6 Å². The van der Waals surface area contributed by atoms with Gasteiger partial charge in [0, 0.05) is 18.7 Å². The lowest BCUT2D eigenvalue weighted by atomic mass is 10.3. The predicted octanol–water partition coefficient (Wildman–Crippen LogP) is 2.58. The van der Waals surface area contributed by atoms with Gasteiger partial charge < -0.3 is 9.64 Å². The molecule has 0 spiro atoms. The zero-order valence-electron chi connectivity index (χ0n) is 9.85. The van der Waals surface area contributed by atoms with E-state index in [1.165, 1.54) is 18.2 Å². The quantitative estimate of drug-likeness (QED) is 0.447. The van der Waals surface area contributed by atoms with Crippen molar-refractivity contribution in [3.63, 3.8) is 0 Å². The van der Waals surface area contributed by atoms with Crippen LogP contribution in [0.2, 0.25) is 5.02 Å². The van der Waals surface area contributed by atoms with Gasteiger partial charge in [-0.15, -0.1) is 0 Å². The molecule has 0 saturated carbocycles. The van der Waals surface area contributed by atoms with Gasteiger partial charge in [0.25, 0.3) is 5.69 Å². The Morgan fingerprint density at radius 1 is 1.47 bits per heavy atom. The normalized spacial score (nSPS) is 10.6. The Bertz CT molecular complexity index is 396. The van der Waals surface area contributed by atoms with E-state index in [-0.39, 0.29) is 10.7 Å². The number of nitro groups is 1. The molecule has 94 valence electrons. The van der Waals surface area contributed by atoms with Crippen LogP contribution >= 0.6 is 11.6 Å². The van der Waals surface area contributed by atoms with Crippen LogP contribution < -0.4 is 4.74 Å². The van der Waals surface area contributed by atoms with E-state index in [2.05, 4.69) is 4.90 Å². The van der Waals surface area contributed by atoms with E-state index >= 15 is 0 Å². The fourth-order valence-corrected chi connectivity index (χ4v) is 1.51. The second-order valence-electron chi connectivity index (χ2n) is 3.88. The molecule has 0 unspecified atom stereocenters. The molecule has 0 aliphatic rings. The zero-order valence-corrected chi connectivity index (χ0v) is 10.6. The molecule has 0 aromatic heterocycles. The Kier molecular flexibility index (Phi) is 5.18. The zero-order chi connectivity index (χ0) is 12.8. The first kappa shape index (κ1) is 13.7. The fraction of sp³-hybridized carbons (Fsp3) is 0.455. The number of ether oxygens (including phenoxy) is 1. The van der Waals surface area contributed by atoms with Crippen LogP contribution in [0.5, 0.6) is 5.75 Å². The van der Waals surface area contributed by atoms with Crippen molar-refractivity contribution in [2.75, 3.05) is 27.2 Å². The maximum absolute atomic E-state index is 10.5. The van der Waals surface area contributed by atoms with E-state index in [4.69, 9.17) is 16.3 Å². The van der Waals surface area contributed by atoms with Crippen molar-refractivity contribution < 1.29 is 9.66 Å². The van der Waals surface area contributed by atoms with Crippen LogP contribution in [0.3, 0.4) is 0 Å². The van der Waals surface area contributed by atoms with Crippen LogP contribution in [0.1, 0.15) is 6.42 Å². The molecule has 1 aromatic carbocycles. The van der Waals surface area contributed by atoms with E-state index in [1.54, 1.807) is 0 Å². The summed E-state index contributed by atoms with van der Waals surface area (Å²) < 4.78 is 5.44. The van der Waals surface area contributed by atoms with Crippen molar-refractivity contribution >= 4 is 17.3 Å². The highest BCUT2D eigenvalue weighted by atomic mass is 35.5. The molecule has 0 fully saturated rings. The van der Waals surface area contributed by atoms with E-state index in [9.17, 15) is 10.1 Å². The lowest BCUT2D eigenvalue weighted by molar-refractivity contribution is -0.384. The molecule has 0 radical (unpaired) electrons. The number of nitro benzene ring substituents is 1. The molecule has 1 aromatic rings. The number of benzene rings is 1. The Hall–Kier alpha value is -1.33. The summed E-state index contributed by atoms with van der Waals surface area (Å²) in [5, 5.41) is 10.8. The SMILES string of the molecule is CN(C)CCCOc1ccc([N+](=O)[O-])cc1Cl. The monoisotopic (exact) mass is 258 g/mol. The molecular formula is C11H15ClN2O3. The maximum atomic E-state index is 10.5. The van der Waals surface area contributed by atoms with Crippen molar-refractivity contribution in [3.05, 3.63) is 33.3 Å². The minimum atomic E-state index is -0.484. The summed E-state index contributed by atoms with van der Waals surface area (Å²) in [6.07, 6.45) is 0.875. The Labute approximate surface area is 105 Å². The fourth-order valence-electron chi connectivity index (χ4n) is 1.28. The molecule has 0 amide bonds. The highest BCUT2D eigenvalue weighted by Gasteiger charge is 2.09. The van der Waals surface area contributed by atoms with E-state index in [0.717, 1.165) is 13.0 Å². The predicted molar refractivity (Wildman–Crippen MR) is 66.8 cm³/mol. The lowest BCUT2D eigenvalue weighted by Gasteiger charge is -2.11. The van der Waals surface area contributed by atoms with Crippen molar-refractivity contribution in [1.82, 2.24) is 4.90 Å². The lowest BCUT2D eigenvalue weighted by Crippen LogP contribution is -2.15. The Morgan fingerprint density at radius 3 is 2.71 bits per heavy atom. The third-order valence-corrected chi connectivity index (χ3v) is 2.43. The number of hydrogen-bond acceptors (Lipinski definition) is 4. The number of non-ortho nitro benzene ring substituents is 1. The number of nitrogens with zero attached hydrogens (tertiary/aromatic N) is 2. The minimum absolute atomic E-state index is 0.0318. The smallest absolute Gasteiger partial charge is 0.271 e. The summed E-state index contributed by atoms with van der Waals surface area (Å²) in [7, 11) is 3.97. The molecule has 0 atom stereocenters. The highest BCUT2D eigenvalue weighted by molar-refractivity contribution is 6.32. The van der Waals surface area contributed by atoms with Crippen LogP contribution in [0.25, 0.3) is 0 Å². The van der Waals surface area contributed by atoms with Crippen molar-refractivity contribution in [3.8, 4) is 5.75 Å². The van der Waals surface area contributed by atoms with Crippen LogP contribution in [0, 0.1) is 10.1 Å². The topological polar surface area (TPSA) is 55.6 Å². The first-order valence-corrected chi connectivity index (χ1v) is 5.60. The first-order chi connectivity index (χ1) is 8.00. The molecule has 17 heavy (non-hydrogen) atoms. The first-order valence-electron chi connectivity index (χ1n) is 5.22. The second-order valence-corrected chi connectivity index (χ2v) is 4.28.